The number of hydrogen-bond acceptors (Lipinski definition) is 3. The number of fused-ring (bicyclic) bond motifs is 1. The molecule has 0 unspecified atom stereocenters. The zero-order valence-electron chi connectivity index (χ0n) is 19.0. The predicted octanol–water partition coefficient (Wildman–Crippen LogP) is 9.30. The first-order valence-electron chi connectivity index (χ1n) is 12.1. The first-order valence-corrected chi connectivity index (χ1v) is 12.1. The number of hydrogen-bond donors (Lipinski definition) is 1. The SMILES string of the molecule is CCCCCCCCCCCCc1ccc(/N=N/c2c(N)ccc3ccccc23)cc1. The molecule has 0 aliphatic carbocycles. The van der Waals surface area contributed by atoms with Crippen LogP contribution in [0.4, 0.5) is 17.1 Å². The van der Waals surface area contributed by atoms with Gasteiger partial charge in [0.05, 0.1) is 11.4 Å². The van der Waals surface area contributed by atoms with Crippen molar-refractivity contribution in [2.45, 2.75) is 77.6 Å². The van der Waals surface area contributed by atoms with Crippen molar-refractivity contribution in [3.05, 3.63) is 66.2 Å². The van der Waals surface area contributed by atoms with E-state index in [4.69, 9.17) is 5.73 Å². The van der Waals surface area contributed by atoms with Gasteiger partial charge in [-0.25, -0.2) is 0 Å². The minimum Gasteiger partial charge on any atom is -0.397 e. The van der Waals surface area contributed by atoms with E-state index < -0.39 is 0 Å². The van der Waals surface area contributed by atoms with E-state index in [-0.39, 0.29) is 0 Å². The van der Waals surface area contributed by atoms with E-state index >= 15 is 0 Å². The number of unbranched alkanes of at least 4 members (excludes halogenated alkanes) is 9. The number of aryl methyl sites for hydroxylation is 1. The summed E-state index contributed by atoms with van der Waals surface area (Å²) in [6.07, 6.45) is 14.9. The number of rotatable bonds is 13. The second-order valence-electron chi connectivity index (χ2n) is 8.52. The van der Waals surface area contributed by atoms with Crippen LogP contribution in [0.25, 0.3) is 10.8 Å². The van der Waals surface area contributed by atoms with Crippen molar-refractivity contribution < 1.29 is 0 Å². The van der Waals surface area contributed by atoms with Crippen LogP contribution in [0.2, 0.25) is 0 Å². The Labute approximate surface area is 187 Å². The topological polar surface area (TPSA) is 50.7 Å². The number of nitrogens with zero attached hydrogens (tertiary/aromatic N) is 2. The van der Waals surface area contributed by atoms with E-state index in [1.54, 1.807) is 0 Å². The summed E-state index contributed by atoms with van der Waals surface area (Å²) in [5.41, 5.74) is 9.78. The van der Waals surface area contributed by atoms with E-state index in [1.807, 2.05) is 30.3 Å². The van der Waals surface area contributed by atoms with Crippen LogP contribution in [0.15, 0.2) is 70.9 Å². The highest BCUT2D eigenvalue weighted by Crippen LogP contribution is 2.33. The average Bonchev–Trinajstić information content (AvgIpc) is 2.80. The highest BCUT2D eigenvalue weighted by Gasteiger charge is 2.04. The van der Waals surface area contributed by atoms with Crippen molar-refractivity contribution in [1.29, 1.82) is 0 Å². The van der Waals surface area contributed by atoms with Gasteiger partial charge in [-0.05, 0) is 42.0 Å². The van der Waals surface area contributed by atoms with Crippen LogP contribution >= 0.6 is 0 Å². The Balaban J connectivity index is 1.41. The molecule has 3 rings (SSSR count). The molecular weight excluding hydrogens is 378 g/mol. The van der Waals surface area contributed by atoms with E-state index in [1.165, 1.54) is 69.8 Å². The molecule has 3 aromatic carbocycles. The fourth-order valence-corrected chi connectivity index (χ4v) is 4.04. The van der Waals surface area contributed by atoms with E-state index in [9.17, 15) is 0 Å². The van der Waals surface area contributed by atoms with Gasteiger partial charge in [-0.1, -0.05) is 107 Å². The lowest BCUT2D eigenvalue weighted by Gasteiger charge is -2.05. The van der Waals surface area contributed by atoms with Gasteiger partial charge in [0.2, 0.25) is 0 Å². The van der Waals surface area contributed by atoms with Crippen molar-refractivity contribution in [1.82, 2.24) is 0 Å². The maximum atomic E-state index is 6.15. The average molecular weight is 416 g/mol. The molecule has 0 fully saturated rings. The van der Waals surface area contributed by atoms with Crippen molar-refractivity contribution in [3.8, 4) is 0 Å². The van der Waals surface area contributed by atoms with E-state index in [0.717, 1.165) is 28.6 Å². The third-order valence-electron chi connectivity index (χ3n) is 5.95. The van der Waals surface area contributed by atoms with Gasteiger partial charge in [0.1, 0.15) is 5.69 Å². The van der Waals surface area contributed by atoms with Gasteiger partial charge < -0.3 is 5.73 Å². The van der Waals surface area contributed by atoms with E-state index in [0.29, 0.717) is 5.69 Å². The lowest BCUT2D eigenvalue weighted by Crippen LogP contribution is -1.87. The van der Waals surface area contributed by atoms with Crippen LogP contribution in [-0.2, 0) is 6.42 Å². The first-order chi connectivity index (χ1) is 15.3. The standard InChI is InChI=1S/C28H37N3/c1-2-3-4-5-6-7-8-9-10-11-14-23-17-20-25(21-18-23)30-31-28-26-16-13-12-15-24(26)19-22-27(28)29/h12-13,15-22H,2-11,14,29H2,1H3/b31-30+. The molecule has 0 aliphatic rings. The lowest BCUT2D eigenvalue weighted by molar-refractivity contribution is 0.556. The van der Waals surface area contributed by atoms with Gasteiger partial charge >= 0.3 is 0 Å². The normalized spacial score (nSPS) is 11.5. The Hall–Kier alpha value is -2.68. The van der Waals surface area contributed by atoms with Crippen molar-refractivity contribution in [2.24, 2.45) is 10.2 Å². The fourth-order valence-electron chi connectivity index (χ4n) is 4.04. The molecule has 0 aliphatic heterocycles. The highest BCUT2D eigenvalue weighted by atomic mass is 15.1. The Morgan fingerprint density at radius 2 is 1.29 bits per heavy atom. The Bertz CT molecular complexity index is 944. The summed E-state index contributed by atoms with van der Waals surface area (Å²) in [5.74, 6) is 0. The molecule has 0 aromatic heterocycles. The highest BCUT2D eigenvalue weighted by molar-refractivity contribution is 5.97. The van der Waals surface area contributed by atoms with E-state index in [2.05, 4.69) is 47.5 Å². The Morgan fingerprint density at radius 1 is 0.645 bits per heavy atom. The molecular formula is C28H37N3. The number of nitrogens with two attached hydrogens (primary N) is 1. The summed E-state index contributed by atoms with van der Waals surface area (Å²) in [4.78, 5) is 0. The monoisotopic (exact) mass is 415 g/mol. The molecule has 0 saturated heterocycles. The zero-order chi connectivity index (χ0) is 21.7. The van der Waals surface area contributed by atoms with Gasteiger partial charge in [0, 0.05) is 5.39 Å². The second-order valence-corrected chi connectivity index (χ2v) is 8.52. The molecule has 0 atom stereocenters. The van der Waals surface area contributed by atoms with Crippen molar-refractivity contribution in [2.75, 3.05) is 5.73 Å². The molecule has 0 spiro atoms. The maximum Gasteiger partial charge on any atom is 0.116 e. The largest absolute Gasteiger partial charge is 0.397 e. The van der Waals surface area contributed by atoms with Gasteiger partial charge in [-0.15, -0.1) is 5.11 Å². The molecule has 3 heteroatoms. The lowest BCUT2D eigenvalue weighted by atomic mass is 10.0. The minimum atomic E-state index is 0.653. The van der Waals surface area contributed by atoms with Gasteiger partial charge in [0.25, 0.3) is 0 Å². The summed E-state index contributed by atoms with van der Waals surface area (Å²) in [6, 6.07) is 20.5. The van der Waals surface area contributed by atoms with Crippen molar-refractivity contribution in [3.63, 3.8) is 0 Å². The first kappa shape index (κ1) is 23.0. The summed E-state index contributed by atoms with van der Waals surface area (Å²) in [7, 11) is 0. The van der Waals surface area contributed by atoms with Crippen LogP contribution in [0.5, 0.6) is 0 Å². The third kappa shape index (κ3) is 7.50. The van der Waals surface area contributed by atoms with Crippen molar-refractivity contribution >= 4 is 27.8 Å². The molecule has 164 valence electrons. The summed E-state index contributed by atoms with van der Waals surface area (Å²) >= 11 is 0. The summed E-state index contributed by atoms with van der Waals surface area (Å²) in [5, 5.41) is 11.0. The molecule has 3 nitrogen and oxygen atoms in total. The maximum absolute atomic E-state index is 6.15. The van der Waals surface area contributed by atoms with Gasteiger partial charge in [-0.2, -0.15) is 5.11 Å². The molecule has 3 aromatic rings. The smallest absolute Gasteiger partial charge is 0.116 e. The molecule has 0 radical (unpaired) electrons. The zero-order valence-corrected chi connectivity index (χ0v) is 19.0. The number of azo groups is 1. The Kier molecular flexibility index (Phi) is 9.56. The number of nitrogen functional groups attached to an aromatic ring is 1. The number of anilines is 1. The van der Waals surface area contributed by atoms with Gasteiger partial charge in [0.15, 0.2) is 0 Å². The summed E-state index contributed by atoms with van der Waals surface area (Å²) < 4.78 is 0. The molecule has 31 heavy (non-hydrogen) atoms. The quantitative estimate of drug-likeness (QED) is 0.169. The second kappa shape index (κ2) is 12.9. The third-order valence-corrected chi connectivity index (χ3v) is 5.95. The van der Waals surface area contributed by atoms with Gasteiger partial charge in [-0.3, -0.25) is 0 Å². The molecule has 2 N–H and O–H groups in total. The molecule has 0 heterocycles. The van der Waals surface area contributed by atoms with Crippen LogP contribution < -0.4 is 5.73 Å². The minimum absolute atomic E-state index is 0.653. The fraction of sp³-hybridized carbons (Fsp3) is 0.429. The van der Waals surface area contributed by atoms with Crippen LogP contribution in [0.1, 0.15) is 76.7 Å². The molecule has 0 amide bonds. The molecule has 0 bridgehead atoms. The molecule has 0 saturated carbocycles. The van der Waals surface area contributed by atoms with Crippen LogP contribution in [0.3, 0.4) is 0 Å². The van der Waals surface area contributed by atoms with Crippen LogP contribution in [-0.4, -0.2) is 0 Å². The van der Waals surface area contributed by atoms with Crippen LogP contribution in [0, 0.1) is 0 Å². The predicted molar refractivity (Wildman–Crippen MR) is 135 cm³/mol. The Morgan fingerprint density at radius 3 is 2.00 bits per heavy atom. The number of benzene rings is 3. The summed E-state index contributed by atoms with van der Waals surface area (Å²) in [6.45, 7) is 2.28.